The number of aryl methyl sites for hydroxylation is 2. The molecule has 0 unspecified atom stereocenters. The van der Waals surface area contributed by atoms with Crippen LogP contribution in [0.15, 0.2) is 6.07 Å². The molecule has 28 heavy (non-hydrogen) atoms. The van der Waals surface area contributed by atoms with Crippen LogP contribution in [0, 0.1) is 42.9 Å². The van der Waals surface area contributed by atoms with Gasteiger partial charge in [-0.3, -0.25) is 0 Å². The first-order valence-corrected chi connectivity index (χ1v) is 11.9. The van der Waals surface area contributed by atoms with Crippen molar-refractivity contribution in [3.05, 3.63) is 33.9 Å². The van der Waals surface area contributed by atoms with E-state index < -0.39 is 0 Å². The lowest BCUT2D eigenvalue weighted by atomic mass is 9.88. The number of nitrogens with zero attached hydrogens (tertiary/aromatic N) is 1. The van der Waals surface area contributed by atoms with E-state index in [1.54, 1.807) is 16.7 Å². The zero-order chi connectivity index (χ0) is 20.2. The number of hydrogen-bond donors (Lipinski definition) is 0. The van der Waals surface area contributed by atoms with Crippen molar-refractivity contribution in [3.8, 4) is 6.07 Å². The lowest BCUT2D eigenvalue weighted by Gasteiger charge is -2.18. The Morgan fingerprint density at radius 3 is 2.07 bits per heavy atom. The zero-order valence-corrected chi connectivity index (χ0v) is 18.9. The van der Waals surface area contributed by atoms with Gasteiger partial charge in [0.2, 0.25) is 0 Å². The van der Waals surface area contributed by atoms with Crippen LogP contribution in [0.1, 0.15) is 112 Å². The summed E-state index contributed by atoms with van der Waals surface area (Å²) in [7, 11) is 0. The van der Waals surface area contributed by atoms with Gasteiger partial charge in [0.15, 0.2) is 0 Å². The lowest BCUT2D eigenvalue weighted by Crippen LogP contribution is -2.03. The minimum Gasteiger partial charge on any atom is -0.198 e. The van der Waals surface area contributed by atoms with Crippen LogP contribution >= 0.6 is 0 Å². The summed E-state index contributed by atoms with van der Waals surface area (Å²) >= 11 is 0. The average molecular weight is 380 g/mol. The first-order valence-electron chi connectivity index (χ1n) is 11.9. The molecular formula is C27H41N. The second-order valence-electron chi connectivity index (χ2n) is 10.4. The molecule has 0 saturated heterocycles. The largest absolute Gasteiger partial charge is 0.198 e. The first-order chi connectivity index (χ1) is 13.4. The van der Waals surface area contributed by atoms with Crippen molar-refractivity contribution in [2.75, 3.05) is 0 Å². The van der Waals surface area contributed by atoms with E-state index in [1.165, 1.54) is 81.8 Å². The maximum absolute atomic E-state index is 9.23. The zero-order valence-electron chi connectivity index (χ0n) is 18.9. The highest BCUT2D eigenvalue weighted by Crippen LogP contribution is 2.49. The topological polar surface area (TPSA) is 23.8 Å². The minimum atomic E-state index is 0.0831. The van der Waals surface area contributed by atoms with Crippen molar-refractivity contribution >= 4 is 0 Å². The van der Waals surface area contributed by atoms with Gasteiger partial charge in [-0.25, -0.2) is 0 Å². The van der Waals surface area contributed by atoms with Crippen LogP contribution in [0.5, 0.6) is 0 Å². The third-order valence-electron chi connectivity index (χ3n) is 7.89. The van der Waals surface area contributed by atoms with Crippen molar-refractivity contribution in [2.45, 2.75) is 118 Å². The summed E-state index contributed by atoms with van der Waals surface area (Å²) < 4.78 is 0. The smallest absolute Gasteiger partial charge is 0.0689 e. The number of rotatable bonds is 12. The molecule has 1 nitrogen and oxygen atoms in total. The van der Waals surface area contributed by atoms with Gasteiger partial charge in [0.1, 0.15) is 0 Å². The van der Waals surface area contributed by atoms with E-state index >= 15 is 0 Å². The quantitative estimate of drug-likeness (QED) is 0.338. The van der Waals surface area contributed by atoms with Crippen LogP contribution in [0.25, 0.3) is 0 Å². The normalized spacial score (nSPS) is 18.7. The van der Waals surface area contributed by atoms with Crippen LogP contribution in [0.2, 0.25) is 0 Å². The molecule has 2 fully saturated rings. The highest BCUT2D eigenvalue weighted by atomic mass is 14.5. The maximum Gasteiger partial charge on any atom is 0.0689 e. The SMILES string of the molecule is Cc1cc(CCCCCC2(C#N)CC2)c(CCCCCC2(C)CC2)c(C)c1C. The van der Waals surface area contributed by atoms with Gasteiger partial charge in [-0.15, -0.1) is 0 Å². The molecule has 0 atom stereocenters. The lowest BCUT2D eigenvalue weighted by molar-refractivity contribution is 0.475. The summed E-state index contributed by atoms with van der Waals surface area (Å²) in [6.45, 7) is 9.37. The molecule has 0 aromatic heterocycles. The van der Waals surface area contributed by atoms with E-state index in [4.69, 9.17) is 0 Å². The van der Waals surface area contributed by atoms with Crippen molar-refractivity contribution in [2.24, 2.45) is 10.8 Å². The summed E-state index contributed by atoms with van der Waals surface area (Å²) in [4.78, 5) is 0. The molecule has 1 aromatic carbocycles. The summed E-state index contributed by atoms with van der Waals surface area (Å²) in [6, 6.07) is 5.01. The fourth-order valence-corrected chi connectivity index (χ4v) is 4.81. The molecule has 2 aliphatic rings. The molecule has 0 heterocycles. The fourth-order valence-electron chi connectivity index (χ4n) is 4.81. The monoisotopic (exact) mass is 379 g/mol. The molecular weight excluding hydrogens is 338 g/mol. The van der Waals surface area contributed by atoms with E-state index in [9.17, 15) is 5.26 Å². The molecule has 154 valence electrons. The van der Waals surface area contributed by atoms with Crippen LogP contribution < -0.4 is 0 Å². The number of unbranched alkanes of at least 4 members (excludes halogenated alkanes) is 4. The number of hydrogen-bond acceptors (Lipinski definition) is 1. The van der Waals surface area contributed by atoms with Crippen molar-refractivity contribution in [1.29, 1.82) is 5.26 Å². The van der Waals surface area contributed by atoms with Gasteiger partial charge < -0.3 is 0 Å². The predicted octanol–water partition coefficient (Wildman–Crippen LogP) is 7.92. The van der Waals surface area contributed by atoms with Gasteiger partial charge in [0.05, 0.1) is 11.5 Å². The maximum atomic E-state index is 9.23. The van der Waals surface area contributed by atoms with Gasteiger partial charge in [-0.05, 0) is 118 Å². The number of nitriles is 1. The van der Waals surface area contributed by atoms with E-state index in [2.05, 4.69) is 39.8 Å². The Bertz CT molecular complexity index is 713. The van der Waals surface area contributed by atoms with Crippen molar-refractivity contribution in [3.63, 3.8) is 0 Å². The first kappa shape index (κ1) is 21.4. The van der Waals surface area contributed by atoms with E-state index in [-0.39, 0.29) is 5.41 Å². The minimum absolute atomic E-state index is 0.0831. The van der Waals surface area contributed by atoms with Gasteiger partial charge in [0, 0.05) is 0 Å². The third-order valence-corrected chi connectivity index (χ3v) is 7.89. The molecule has 3 rings (SSSR count). The second-order valence-corrected chi connectivity index (χ2v) is 10.4. The molecule has 0 bridgehead atoms. The van der Waals surface area contributed by atoms with E-state index in [1.807, 2.05) is 0 Å². The Morgan fingerprint density at radius 1 is 0.821 bits per heavy atom. The van der Waals surface area contributed by atoms with Gasteiger partial charge >= 0.3 is 0 Å². The molecule has 0 aliphatic heterocycles. The molecule has 0 radical (unpaired) electrons. The second kappa shape index (κ2) is 9.02. The molecule has 0 N–H and O–H groups in total. The molecule has 2 aliphatic carbocycles. The Morgan fingerprint density at radius 2 is 1.46 bits per heavy atom. The molecule has 0 spiro atoms. The standard InChI is InChI=1S/C27H41N/c1-21-19-24(11-7-5-10-14-27(20-28)17-18-27)25(23(3)22(21)2)12-8-6-9-13-26(4)15-16-26/h19H,5-18H2,1-4H3. The van der Waals surface area contributed by atoms with E-state index in [0.717, 1.165) is 19.3 Å². The third kappa shape index (κ3) is 5.62. The van der Waals surface area contributed by atoms with Crippen LogP contribution in [-0.4, -0.2) is 0 Å². The highest BCUT2D eigenvalue weighted by Gasteiger charge is 2.42. The summed E-state index contributed by atoms with van der Waals surface area (Å²) in [5.41, 5.74) is 8.55. The fraction of sp³-hybridized carbons (Fsp3) is 0.741. The van der Waals surface area contributed by atoms with Crippen molar-refractivity contribution < 1.29 is 0 Å². The molecule has 2 saturated carbocycles. The molecule has 0 amide bonds. The van der Waals surface area contributed by atoms with Crippen LogP contribution in [0.3, 0.4) is 0 Å². The molecule has 1 aromatic rings. The number of benzene rings is 1. The summed E-state index contributed by atoms with van der Waals surface area (Å²) in [5, 5.41) is 9.23. The summed E-state index contributed by atoms with van der Waals surface area (Å²) in [5.74, 6) is 0. The Balaban J connectivity index is 1.48. The Hall–Kier alpha value is -1.29. The highest BCUT2D eigenvalue weighted by molar-refractivity contribution is 5.44. The predicted molar refractivity (Wildman–Crippen MR) is 120 cm³/mol. The average Bonchev–Trinajstić information content (AvgIpc) is 3.60. The van der Waals surface area contributed by atoms with Crippen LogP contribution in [0.4, 0.5) is 0 Å². The Kier molecular flexibility index (Phi) is 6.90. The Labute approximate surface area is 173 Å². The van der Waals surface area contributed by atoms with Gasteiger partial charge in [0.25, 0.3) is 0 Å². The van der Waals surface area contributed by atoms with E-state index in [0.29, 0.717) is 5.41 Å². The van der Waals surface area contributed by atoms with Crippen LogP contribution in [-0.2, 0) is 12.8 Å². The van der Waals surface area contributed by atoms with Gasteiger partial charge in [-0.1, -0.05) is 38.7 Å². The van der Waals surface area contributed by atoms with Crippen molar-refractivity contribution in [1.82, 2.24) is 0 Å². The molecule has 1 heteroatoms. The summed E-state index contributed by atoms with van der Waals surface area (Å²) in [6.07, 6.45) is 18.2. The van der Waals surface area contributed by atoms with Gasteiger partial charge in [-0.2, -0.15) is 5.26 Å².